The highest BCUT2D eigenvalue weighted by Crippen LogP contribution is 2.28. The minimum absolute atomic E-state index is 0.112. The average Bonchev–Trinajstić information content (AvgIpc) is 2.39. The molecule has 1 rings (SSSR count). The van der Waals surface area contributed by atoms with Gasteiger partial charge in [0.05, 0.1) is 11.0 Å². The zero-order valence-electron chi connectivity index (χ0n) is 11.8. The van der Waals surface area contributed by atoms with Crippen molar-refractivity contribution < 1.29 is 9.72 Å². The van der Waals surface area contributed by atoms with Crippen molar-refractivity contribution in [1.29, 1.82) is 0 Å². The van der Waals surface area contributed by atoms with E-state index < -0.39 is 16.9 Å². The second-order valence-electron chi connectivity index (χ2n) is 4.59. The summed E-state index contributed by atoms with van der Waals surface area (Å²) in [5.41, 5.74) is 7.52. The largest absolute Gasteiger partial charge is 0.320 e. The molecule has 0 aliphatic heterocycles. The first-order valence-electron chi connectivity index (χ1n) is 6.17. The molecule has 0 spiro atoms. The third-order valence-electron chi connectivity index (χ3n) is 3.04. The van der Waals surface area contributed by atoms with E-state index in [1.54, 1.807) is 24.8 Å². The summed E-state index contributed by atoms with van der Waals surface area (Å²) >= 11 is 1.60. The van der Waals surface area contributed by atoms with Crippen molar-refractivity contribution in [2.24, 2.45) is 5.73 Å². The molecule has 1 atom stereocenters. The van der Waals surface area contributed by atoms with Crippen LogP contribution in [0.25, 0.3) is 0 Å². The molecule has 0 fully saturated rings. The predicted octanol–water partition coefficient (Wildman–Crippen LogP) is 2.23. The first-order chi connectivity index (χ1) is 9.36. The van der Waals surface area contributed by atoms with Gasteiger partial charge in [0.25, 0.3) is 5.69 Å². The molecule has 0 bridgehead atoms. The van der Waals surface area contributed by atoms with Gasteiger partial charge >= 0.3 is 0 Å². The van der Waals surface area contributed by atoms with Gasteiger partial charge in [0, 0.05) is 6.07 Å². The Labute approximate surface area is 122 Å². The molecule has 0 unspecified atom stereocenters. The summed E-state index contributed by atoms with van der Waals surface area (Å²) in [4.78, 5) is 22.4. The van der Waals surface area contributed by atoms with Crippen molar-refractivity contribution in [3.05, 3.63) is 33.4 Å². The van der Waals surface area contributed by atoms with Crippen LogP contribution in [0.1, 0.15) is 17.5 Å². The van der Waals surface area contributed by atoms with Crippen LogP contribution in [0.3, 0.4) is 0 Å². The van der Waals surface area contributed by atoms with Crippen molar-refractivity contribution in [2.45, 2.75) is 26.3 Å². The van der Waals surface area contributed by atoms with Crippen LogP contribution in [0, 0.1) is 24.0 Å². The van der Waals surface area contributed by atoms with Crippen LogP contribution >= 0.6 is 11.8 Å². The third kappa shape index (κ3) is 4.21. The molecule has 3 N–H and O–H groups in total. The van der Waals surface area contributed by atoms with Crippen molar-refractivity contribution in [3.8, 4) is 0 Å². The van der Waals surface area contributed by atoms with Crippen LogP contribution in [0.2, 0.25) is 0 Å². The number of nitrogens with zero attached hydrogens (tertiary/aromatic N) is 1. The lowest BCUT2D eigenvalue weighted by Crippen LogP contribution is -2.36. The number of rotatable bonds is 6. The molecule has 0 aromatic heterocycles. The monoisotopic (exact) mass is 297 g/mol. The van der Waals surface area contributed by atoms with Gasteiger partial charge in [-0.2, -0.15) is 11.8 Å². The fraction of sp³-hybridized carbons (Fsp3) is 0.462. The Morgan fingerprint density at radius 1 is 1.45 bits per heavy atom. The van der Waals surface area contributed by atoms with Gasteiger partial charge in [-0.3, -0.25) is 14.9 Å². The van der Waals surface area contributed by atoms with E-state index in [0.717, 1.165) is 16.9 Å². The highest BCUT2D eigenvalue weighted by atomic mass is 32.2. The number of nitro benzene ring substituents is 1. The molecule has 0 aliphatic carbocycles. The summed E-state index contributed by atoms with van der Waals surface area (Å²) in [6, 6.07) is 2.40. The Balaban J connectivity index is 2.93. The maximum Gasteiger partial charge on any atom is 0.293 e. The molecule has 6 nitrogen and oxygen atoms in total. The summed E-state index contributed by atoms with van der Waals surface area (Å²) in [7, 11) is 0. The Morgan fingerprint density at radius 2 is 2.05 bits per heavy atom. The highest BCUT2D eigenvalue weighted by Gasteiger charge is 2.20. The zero-order chi connectivity index (χ0) is 15.3. The lowest BCUT2D eigenvalue weighted by Gasteiger charge is -2.13. The van der Waals surface area contributed by atoms with Gasteiger partial charge in [0.15, 0.2) is 0 Å². The predicted molar refractivity (Wildman–Crippen MR) is 82.2 cm³/mol. The number of thioether (sulfide) groups is 1. The maximum absolute atomic E-state index is 11.9. The third-order valence-corrected chi connectivity index (χ3v) is 3.68. The fourth-order valence-corrected chi connectivity index (χ4v) is 2.14. The van der Waals surface area contributed by atoms with Gasteiger partial charge in [0.2, 0.25) is 5.91 Å². The first kappa shape index (κ1) is 16.5. The van der Waals surface area contributed by atoms with Gasteiger partial charge in [-0.15, -0.1) is 0 Å². The fourth-order valence-electron chi connectivity index (χ4n) is 1.65. The average molecular weight is 297 g/mol. The normalized spacial score (nSPS) is 12.0. The van der Waals surface area contributed by atoms with Crippen molar-refractivity contribution in [2.75, 3.05) is 17.3 Å². The van der Waals surface area contributed by atoms with E-state index in [1.807, 2.05) is 13.2 Å². The SMILES string of the molecule is CSCC[C@@H](N)C(=O)Nc1cc(C)c(C)cc1[N+](=O)[O-]. The first-order valence-corrected chi connectivity index (χ1v) is 7.57. The minimum Gasteiger partial charge on any atom is -0.320 e. The second-order valence-corrected chi connectivity index (χ2v) is 5.57. The topological polar surface area (TPSA) is 98.3 Å². The summed E-state index contributed by atoms with van der Waals surface area (Å²) in [5, 5.41) is 13.6. The van der Waals surface area contributed by atoms with Crippen LogP contribution in [0.5, 0.6) is 0 Å². The highest BCUT2D eigenvalue weighted by molar-refractivity contribution is 7.98. The van der Waals surface area contributed by atoms with E-state index in [0.29, 0.717) is 6.42 Å². The maximum atomic E-state index is 11.9. The molecule has 7 heteroatoms. The van der Waals surface area contributed by atoms with Gasteiger partial charge in [-0.1, -0.05) is 0 Å². The molecule has 1 aromatic rings. The summed E-state index contributed by atoms with van der Waals surface area (Å²) in [6.45, 7) is 3.63. The lowest BCUT2D eigenvalue weighted by molar-refractivity contribution is -0.384. The number of carbonyl (C=O) groups excluding carboxylic acids is 1. The molecule has 0 radical (unpaired) electrons. The van der Waals surface area contributed by atoms with E-state index in [-0.39, 0.29) is 11.4 Å². The molecule has 20 heavy (non-hydrogen) atoms. The second kappa shape index (κ2) is 7.25. The number of hydrogen-bond acceptors (Lipinski definition) is 5. The van der Waals surface area contributed by atoms with E-state index in [4.69, 9.17) is 5.73 Å². The number of nitro groups is 1. The van der Waals surface area contributed by atoms with E-state index >= 15 is 0 Å². The Kier molecular flexibility index (Phi) is 5.97. The summed E-state index contributed by atoms with van der Waals surface area (Å²) in [6.07, 6.45) is 2.46. The van der Waals surface area contributed by atoms with Gasteiger partial charge in [-0.05, 0) is 49.5 Å². The smallest absolute Gasteiger partial charge is 0.293 e. The lowest BCUT2D eigenvalue weighted by atomic mass is 10.1. The summed E-state index contributed by atoms with van der Waals surface area (Å²) in [5.74, 6) is 0.370. The number of anilines is 1. The molecule has 0 aliphatic rings. The van der Waals surface area contributed by atoms with Gasteiger partial charge < -0.3 is 11.1 Å². The molecule has 0 heterocycles. The Morgan fingerprint density at radius 3 is 2.60 bits per heavy atom. The zero-order valence-corrected chi connectivity index (χ0v) is 12.6. The Hall–Kier alpha value is -1.60. The quantitative estimate of drug-likeness (QED) is 0.619. The van der Waals surface area contributed by atoms with Crippen LogP contribution in [0.4, 0.5) is 11.4 Å². The van der Waals surface area contributed by atoms with Crippen LogP contribution in [0.15, 0.2) is 12.1 Å². The molecule has 1 aromatic carbocycles. The van der Waals surface area contributed by atoms with Crippen molar-refractivity contribution >= 4 is 29.0 Å². The number of nitrogens with two attached hydrogens (primary N) is 1. The molecular formula is C13H19N3O3S. The number of nitrogens with one attached hydrogen (secondary N) is 1. The molecule has 0 saturated carbocycles. The molecular weight excluding hydrogens is 278 g/mol. The van der Waals surface area contributed by atoms with Crippen LogP contribution < -0.4 is 11.1 Å². The molecule has 1 amide bonds. The summed E-state index contributed by atoms with van der Waals surface area (Å²) < 4.78 is 0. The van der Waals surface area contributed by atoms with Gasteiger partial charge in [-0.25, -0.2) is 0 Å². The number of hydrogen-bond donors (Lipinski definition) is 2. The van der Waals surface area contributed by atoms with Crippen LogP contribution in [-0.2, 0) is 4.79 Å². The molecule has 110 valence electrons. The van der Waals surface area contributed by atoms with Crippen molar-refractivity contribution in [3.63, 3.8) is 0 Å². The number of benzene rings is 1. The molecule has 0 saturated heterocycles. The minimum atomic E-state index is -0.663. The van der Waals surface area contributed by atoms with Crippen LogP contribution in [-0.4, -0.2) is 28.9 Å². The Bertz CT molecular complexity index is 520. The standard InChI is InChI=1S/C13H19N3O3S/c1-8-6-11(12(16(18)19)7-9(8)2)15-13(17)10(14)4-5-20-3/h6-7,10H,4-5,14H2,1-3H3,(H,15,17)/t10-/m1/s1. The number of amides is 1. The van der Waals surface area contributed by atoms with Gasteiger partial charge in [0.1, 0.15) is 5.69 Å². The number of aryl methyl sites for hydroxylation is 2. The van der Waals surface area contributed by atoms with E-state index in [9.17, 15) is 14.9 Å². The number of carbonyl (C=O) groups is 1. The van der Waals surface area contributed by atoms with E-state index in [1.165, 1.54) is 6.07 Å². The van der Waals surface area contributed by atoms with E-state index in [2.05, 4.69) is 5.32 Å². The van der Waals surface area contributed by atoms with Crippen molar-refractivity contribution in [1.82, 2.24) is 0 Å².